The van der Waals surface area contributed by atoms with Crippen LogP contribution in [0.25, 0.3) is 0 Å². The summed E-state index contributed by atoms with van der Waals surface area (Å²) in [5.41, 5.74) is 2.16. The molecule has 0 aliphatic heterocycles. The van der Waals surface area contributed by atoms with Gasteiger partial charge in [-0.2, -0.15) is 5.48 Å². The van der Waals surface area contributed by atoms with Gasteiger partial charge in [-0.3, -0.25) is 4.98 Å². The van der Waals surface area contributed by atoms with Crippen molar-refractivity contribution in [2.45, 2.75) is 5.50 Å². The summed E-state index contributed by atoms with van der Waals surface area (Å²) in [5.74, 6) is 0. The van der Waals surface area contributed by atoms with E-state index in [9.17, 15) is 0 Å². The monoisotopic (exact) mass is 158 g/mol. The van der Waals surface area contributed by atoms with Crippen LogP contribution >= 0.6 is 11.6 Å². The van der Waals surface area contributed by atoms with Gasteiger partial charge in [0.15, 0.2) is 0 Å². The lowest BCUT2D eigenvalue weighted by atomic mass is 10.3. The Morgan fingerprint density at radius 1 is 1.50 bits per heavy atom. The zero-order chi connectivity index (χ0) is 7.40. The average molecular weight is 159 g/mol. The van der Waals surface area contributed by atoms with E-state index >= 15 is 0 Å². The third-order valence-electron chi connectivity index (χ3n) is 1.11. The molecule has 4 heteroatoms. The Morgan fingerprint density at radius 2 is 2.10 bits per heavy atom. The minimum Gasteiger partial charge on any atom is -0.315 e. The first-order valence-corrected chi connectivity index (χ1v) is 3.22. The lowest BCUT2D eigenvalue weighted by Crippen LogP contribution is -2.10. The van der Waals surface area contributed by atoms with Gasteiger partial charge in [0.25, 0.3) is 0 Å². The standard InChI is InChI=1S/C6H7ClN2O/c7-6(9-10)5-1-3-8-4-2-5/h1-4,6,9-10H. The van der Waals surface area contributed by atoms with Crippen LogP contribution in [0.5, 0.6) is 0 Å². The summed E-state index contributed by atoms with van der Waals surface area (Å²) in [5, 5.41) is 8.39. The summed E-state index contributed by atoms with van der Waals surface area (Å²) in [6.07, 6.45) is 3.23. The molecule has 0 aliphatic rings. The molecule has 0 aliphatic carbocycles. The van der Waals surface area contributed by atoms with Crippen molar-refractivity contribution in [3.8, 4) is 0 Å². The Balaban J connectivity index is 2.75. The molecular formula is C6H7ClN2O. The fourth-order valence-corrected chi connectivity index (χ4v) is 0.752. The fraction of sp³-hybridized carbons (Fsp3) is 0.167. The van der Waals surface area contributed by atoms with Crippen molar-refractivity contribution in [1.29, 1.82) is 0 Å². The molecule has 0 fully saturated rings. The highest BCUT2D eigenvalue weighted by atomic mass is 35.5. The van der Waals surface area contributed by atoms with Crippen LogP contribution in [0.15, 0.2) is 24.5 Å². The molecule has 0 saturated heterocycles. The van der Waals surface area contributed by atoms with Crippen molar-refractivity contribution < 1.29 is 5.21 Å². The van der Waals surface area contributed by atoms with Crippen LogP contribution in [-0.4, -0.2) is 10.2 Å². The Morgan fingerprint density at radius 3 is 2.60 bits per heavy atom. The van der Waals surface area contributed by atoms with E-state index in [0.29, 0.717) is 0 Å². The lowest BCUT2D eigenvalue weighted by Gasteiger charge is -2.04. The number of nitrogens with one attached hydrogen (secondary N) is 1. The number of hydroxylamine groups is 1. The summed E-state index contributed by atoms with van der Waals surface area (Å²) >= 11 is 5.60. The third kappa shape index (κ3) is 1.67. The molecule has 0 saturated carbocycles. The lowest BCUT2D eigenvalue weighted by molar-refractivity contribution is 0.155. The normalized spacial score (nSPS) is 13.0. The number of pyridine rings is 1. The molecule has 1 heterocycles. The van der Waals surface area contributed by atoms with E-state index in [1.807, 2.05) is 5.48 Å². The number of aromatic nitrogens is 1. The molecule has 2 N–H and O–H groups in total. The quantitative estimate of drug-likeness (QED) is 0.388. The third-order valence-corrected chi connectivity index (χ3v) is 1.46. The molecule has 1 aromatic rings. The SMILES string of the molecule is ONC(Cl)c1ccncc1. The predicted octanol–water partition coefficient (Wildman–Crippen LogP) is 1.30. The minimum absolute atomic E-state index is 0.553. The van der Waals surface area contributed by atoms with E-state index in [0.717, 1.165) is 5.56 Å². The number of alkyl halides is 1. The van der Waals surface area contributed by atoms with Crippen molar-refractivity contribution in [2.24, 2.45) is 0 Å². The van der Waals surface area contributed by atoms with E-state index in [1.165, 1.54) is 0 Å². The fourth-order valence-electron chi connectivity index (χ4n) is 0.607. The minimum atomic E-state index is -0.553. The van der Waals surface area contributed by atoms with Crippen molar-refractivity contribution in [3.05, 3.63) is 30.1 Å². The highest BCUT2D eigenvalue weighted by Crippen LogP contribution is 2.13. The first-order chi connectivity index (χ1) is 4.84. The topological polar surface area (TPSA) is 45.1 Å². The largest absolute Gasteiger partial charge is 0.315 e. The van der Waals surface area contributed by atoms with Crippen molar-refractivity contribution in [1.82, 2.24) is 10.5 Å². The Bertz CT molecular complexity index is 192. The summed E-state index contributed by atoms with van der Waals surface area (Å²) in [4.78, 5) is 3.79. The number of nitrogens with zero attached hydrogens (tertiary/aromatic N) is 1. The van der Waals surface area contributed by atoms with Crippen LogP contribution in [-0.2, 0) is 0 Å². The second-order valence-corrected chi connectivity index (χ2v) is 2.21. The van der Waals surface area contributed by atoms with Crippen molar-refractivity contribution >= 4 is 11.6 Å². The summed E-state index contributed by atoms with van der Waals surface area (Å²) < 4.78 is 0. The Labute approximate surface area is 63.6 Å². The summed E-state index contributed by atoms with van der Waals surface area (Å²) in [6.45, 7) is 0. The van der Waals surface area contributed by atoms with Gasteiger partial charge in [0.05, 0.1) is 0 Å². The predicted molar refractivity (Wildman–Crippen MR) is 37.8 cm³/mol. The number of hydrogen-bond donors (Lipinski definition) is 2. The molecule has 0 amide bonds. The highest BCUT2D eigenvalue weighted by molar-refractivity contribution is 6.20. The van der Waals surface area contributed by atoms with Gasteiger partial charge in [-0.1, -0.05) is 11.6 Å². The highest BCUT2D eigenvalue weighted by Gasteiger charge is 2.02. The number of hydrogen-bond acceptors (Lipinski definition) is 3. The van der Waals surface area contributed by atoms with Crippen LogP contribution in [0.1, 0.15) is 11.1 Å². The Hall–Kier alpha value is -0.640. The van der Waals surface area contributed by atoms with Gasteiger partial charge in [-0.15, -0.1) is 0 Å². The number of rotatable bonds is 2. The molecule has 0 radical (unpaired) electrons. The molecule has 0 bridgehead atoms. The summed E-state index contributed by atoms with van der Waals surface area (Å²) in [6, 6.07) is 3.45. The second kappa shape index (κ2) is 3.51. The molecule has 0 aromatic carbocycles. The van der Waals surface area contributed by atoms with Gasteiger partial charge in [0.2, 0.25) is 0 Å². The molecule has 1 atom stereocenters. The average Bonchev–Trinajstić information content (AvgIpc) is 2.05. The molecule has 0 spiro atoms. The zero-order valence-corrected chi connectivity index (χ0v) is 5.92. The van der Waals surface area contributed by atoms with E-state index in [2.05, 4.69) is 4.98 Å². The smallest absolute Gasteiger partial charge is 0.131 e. The van der Waals surface area contributed by atoms with Crippen molar-refractivity contribution in [2.75, 3.05) is 0 Å². The molecule has 54 valence electrons. The Kier molecular flexibility index (Phi) is 2.62. The first-order valence-electron chi connectivity index (χ1n) is 2.78. The number of halogens is 1. The molecule has 1 rings (SSSR count). The maximum Gasteiger partial charge on any atom is 0.131 e. The molecule has 10 heavy (non-hydrogen) atoms. The summed E-state index contributed by atoms with van der Waals surface area (Å²) in [7, 11) is 0. The van der Waals surface area contributed by atoms with E-state index in [4.69, 9.17) is 16.8 Å². The van der Waals surface area contributed by atoms with Gasteiger partial charge < -0.3 is 5.21 Å². The molecule has 1 unspecified atom stereocenters. The second-order valence-electron chi connectivity index (χ2n) is 1.77. The maximum atomic E-state index is 8.39. The first kappa shape index (κ1) is 7.47. The van der Waals surface area contributed by atoms with Gasteiger partial charge in [0.1, 0.15) is 5.50 Å². The molecular weight excluding hydrogens is 152 g/mol. The van der Waals surface area contributed by atoms with Gasteiger partial charge >= 0.3 is 0 Å². The van der Waals surface area contributed by atoms with Gasteiger partial charge in [0, 0.05) is 12.4 Å². The van der Waals surface area contributed by atoms with Crippen LogP contribution in [0.3, 0.4) is 0 Å². The van der Waals surface area contributed by atoms with E-state index < -0.39 is 5.50 Å². The molecule has 3 nitrogen and oxygen atoms in total. The van der Waals surface area contributed by atoms with Crippen LogP contribution in [0.2, 0.25) is 0 Å². The van der Waals surface area contributed by atoms with Crippen LogP contribution in [0.4, 0.5) is 0 Å². The maximum absolute atomic E-state index is 8.39. The van der Waals surface area contributed by atoms with Crippen molar-refractivity contribution in [3.63, 3.8) is 0 Å². The van der Waals surface area contributed by atoms with Crippen LogP contribution < -0.4 is 5.48 Å². The van der Waals surface area contributed by atoms with Crippen LogP contribution in [0, 0.1) is 0 Å². The van der Waals surface area contributed by atoms with E-state index in [-0.39, 0.29) is 0 Å². The zero-order valence-electron chi connectivity index (χ0n) is 5.16. The van der Waals surface area contributed by atoms with Gasteiger partial charge in [-0.05, 0) is 17.7 Å². The van der Waals surface area contributed by atoms with E-state index in [1.54, 1.807) is 24.5 Å². The van der Waals surface area contributed by atoms with Gasteiger partial charge in [-0.25, -0.2) is 0 Å². The molecule has 1 aromatic heterocycles.